The lowest BCUT2D eigenvalue weighted by Gasteiger charge is -2.15. The molecular formula is C24H30O9. The largest absolute Gasteiger partial charge is 0.491 e. The zero-order valence-electron chi connectivity index (χ0n) is 19.4. The fourth-order valence-corrected chi connectivity index (χ4v) is 2.46. The van der Waals surface area contributed by atoms with Gasteiger partial charge in [0, 0.05) is 6.61 Å². The Morgan fingerprint density at radius 1 is 0.697 bits per heavy atom. The van der Waals surface area contributed by atoms with Gasteiger partial charge in [0.15, 0.2) is 0 Å². The van der Waals surface area contributed by atoms with E-state index in [2.05, 4.69) is 0 Å². The third-order valence-electron chi connectivity index (χ3n) is 3.84. The molecule has 33 heavy (non-hydrogen) atoms. The van der Waals surface area contributed by atoms with Crippen LogP contribution >= 0.6 is 0 Å². The van der Waals surface area contributed by atoms with Gasteiger partial charge in [-0.25, -0.2) is 9.59 Å². The van der Waals surface area contributed by atoms with Gasteiger partial charge in [-0.15, -0.1) is 9.78 Å². The molecule has 0 radical (unpaired) electrons. The molecule has 0 atom stereocenters. The van der Waals surface area contributed by atoms with Crippen LogP contribution in [0.4, 0.5) is 0 Å². The van der Waals surface area contributed by atoms with Crippen LogP contribution in [0.2, 0.25) is 0 Å². The van der Waals surface area contributed by atoms with Gasteiger partial charge in [-0.2, -0.15) is 0 Å². The van der Waals surface area contributed by atoms with Crippen LogP contribution in [0.5, 0.6) is 11.5 Å². The lowest BCUT2D eigenvalue weighted by atomic mass is 10.2. The van der Waals surface area contributed by atoms with Crippen LogP contribution in [-0.2, 0) is 24.3 Å². The first-order valence-electron chi connectivity index (χ1n) is 10.6. The molecule has 0 N–H and O–H groups in total. The fourth-order valence-electron chi connectivity index (χ4n) is 2.46. The van der Waals surface area contributed by atoms with Crippen molar-refractivity contribution in [3.05, 3.63) is 59.7 Å². The molecule has 0 heterocycles. The van der Waals surface area contributed by atoms with Crippen molar-refractivity contribution in [2.45, 2.75) is 53.1 Å². The van der Waals surface area contributed by atoms with Crippen molar-refractivity contribution in [2.24, 2.45) is 0 Å². The summed E-state index contributed by atoms with van der Waals surface area (Å²) in [6.07, 6.45) is -1.27. The Hall–Kier alpha value is -3.14. The zero-order valence-corrected chi connectivity index (χ0v) is 19.4. The number of benzene rings is 2. The molecule has 0 amide bonds. The normalized spacial score (nSPS) is 11.0. The number of hydrogen-bond acceptors (Lipinski definition) is 9. The maximum Gasteiger partial charge on any atom is 0.373 e. The van der Waals surface area contributed by atoms with Gasteiger partial charge in [0.1, 0.15) is 18.1 Å². The number of carbonyl (C=O) groups is 2. The number of ether oxygens (including phenoxy) is 3. The summed E-state index contributed by atoms with van der Waals surface area (Å²) in [4.78, 5) is 44.0. The molecule has 0 spiro atoms. The highest BCUT2D eigenvalue weighted by atomic mass is 17.3. The van der Waals surface area contributed by atoms with Crippen LogP contribution in [-0.4, -0.2) is 43.7 Å². The minimum absolute atomic E-state index is 0.0108. The summed E-state index contributed by atoms with van der Waals surface area (Å²) >= 11 is 0. The molecule has 2 aromatic carbocycles. The fraction of sp³-hybridized carbons (Fsp3) is 0.417. The first-order chi connectivity index (χ1) is 15.8. The number of carbonyl (C=O) groups excluding carboxylic acids is 2. The molecule has 0 saturated carbocycles. The summed E-state index contributed by atoms with van der Waals surface area (Å²) in [5.41, 5.74) is 0.476. The maximum atomic E-state index is 12.2. The molecule has 0 saturated heterocycles. The van der Waals surface area contributed by atoms with E-state index in [0.717, 1.165) is 0 Å². The highest BCUT2D eigenvalue weighted by molar-refractivity contribution is 5.89. The average Bonchev–Trinajstić information content (AvgIpc) is 2.78. The highest BCUT2D eigenvalue weighted by Crippen LogP contribution is 2.16. The van der Waals surface area contributed by atoms with Crippen LogP contribution in [0.15, 0.2) is 48.5 Å². The molecule has 0 bridgehead atoms. The Balaban J connectivity index is 1.88. The van der Waals surface area contributed by atoms with Crippen molar-refractivity contribution in [1.29, 1.82) is 0 Å². The summed E-state index contributed by atoms with van der Waals surface area (Å²) in [5.74, 6) is -0.280. The Labute approximate surface area is 193 Å². The van der Waals surface area contributed by atoms with Gasteiger partial charge >= 0.3 is 11.9 Å². The Morgan fingerprint density at radius 3 is 1.42 bits per heavy atom. The highest BCUT2D eigenvalue weighted by Gasteiger charge is 2.20. The first-order valence-corrected chi connectivity index (χ1v) is 10.6. The summed E-state index contributed by atoms with van der Waals surface area (Å²) in [5, 5.41) is 0. The monoisotopic (exact) mass is 462 g/mol. The Bertz CT molecular complexity index is 791. The molecule has 9 nitrogen and oxygen atoms in total. The van der Waals surface area contributed by atoms with Gasteiger partial charge in [0.2, 0.25) is 0 Å². The molecule has 0 unspecified atom stereocenters. The van der Waals surface area contributed by atoms with Crippen molar-refractivity contribution >= 4 is 11.9 Å². The second-order valence-electron chi connectivity index (χ2n) is 7.41. The van der Waals surface area contributed by atoms with E-state index in [1.807, 2.05) is 27.7 Å². The van der Waals surface area contributed by atoms with E-state index in [-0.39, 0.29) is 29.9 Å². The molecule has 0 aromatic heterocycles. The molecule has 2 rings (SSSR count). The number of hydrogen-bond donors (Lipinski definition) is 0. The van der Waals surface area contributed by atoms with Crippen molar-refractivity contribution in [3.63, 3.8) is 0 Å². The second-order valence-corrected chi connectivity index (χ2v) is 7.41. The topological polar surface area (TPSA) is 98.8 Å². The lowest BCUT2D eigenvalue weighted by molar-refractivity contribution is -0.426. The van der Waals surface area contributed by atoms with Crippen molar-refractivity contribution in [3.8, 4) is 11.5 Å². The maximum absolute atomic E-state index is 12.2. The molecule has 0 fully saturated rings. The predicted molar refractivity (Wildman–Crippen MR) is 118 cm³/mol. The minimum atomic E-state index is -1.29. The Kier molecular flexibility index (Phi) is 10.6. The second kappa shape index (κ2) is 13.4. The molecule has 0 aliphatic carbocycles. The van der Waals surface area contributed by atoms with Gasteiger partial charge in [-0.05, 0) is 83.1 Å². The van der Waals surface area contributed by atoms with E-state index in [9.17, 15) is 9.59 Å². The quantitative estimate of drug-likeness (QED) is 0.242. The lowest BCUT2D eigenvalue weighted by Crippen LogP contribution is -2.26. The molecule has 2 aromatic rings. The summed E-state index contributed by atoms with van der Waals surface area (Å²) < 4.78 is 16.3. The molecule has 0 aliphatic rings. The van der Waals surface area contributed by atoms with E-state index in [4.69, 9.17) is 33.8 Å². The van der Waals surface area contributed by atoms with E-state index in [0.29, 0.717) is 18.1 Å². The van der Waals surface area contributed by atoms with Crippen LogP contribution in [0.3, 0.4) is 0 Å². The standard InChI is InChI=1S/C24H30O9/c1-6-27-15-22(30-32-23(25)18-7-11-20(12-8-18)28-16(2)3)31-33-24(26)19-9-13-21(14-10-19)29-17(4)5/h7-14,16-17,22H,6,15H2,1-5H3. The van der Waals surface area contributed by atoms with Gasteiger partial charge in [0.05, 0.1) is 23.3 Å². The van der Waals surface area contributed by atoms with Crippen molar-refractivity contribution in [1.82, 2.24) is 0 Å². The molecule has 180 valence electrons. The smallest absolute Gasteiger partial charge is 0.373 e. The summed E-state index contributed by atoms with van der Waals surface area (Å²) in [6, 6.07) is 12.7. The molecular weight excluding hydrogens is 432 g/mol. The van der Waals surface area contributed by atoms with Crippen LogP contribution in [0.25, 0.3) is 0 Å². The van der Waals surface area contributed by atoms with Crippen LogP contribution < -0.4 is 9.47 Å². The summed E-state index contributed by atoms with van der Waals surface area (Å²) in [6.45, 7) is 9.57. The molecule has 9 heteroatoms. The first kappa shape index (κ1) is 26.1. The number of rotatable bonds is 13. The SMILES string of the molecule is CCOCC(OOC(=O)c1ccc(OC(C)C)cc1)OOC(=O)c1ccc(OC(C)C)cc1. The Morgan fingerprint density at radius 2 is 1.09 bits per heavy atom. The van der Waals surface area contributed by atoms with E-state index in [1.165, 1.54) is 24.3 Å². The summed E-state index contributed by atoms with van der Waals surface area (Å²) in [7, 11) is 0. The van der Waals surface area contributed by atoms with Gasteiger partial charge < -0.3 is 14.2 Å². The van der Waals surface area contributed by atoms with E-state index >= 15 is 0 Å². The third-order valence-corrected chi connectivity index (χ3v) is 3.84. The van der Waals surface area contributed by atoms with E-state index in [1.54, 1.807) is 31.2 Å². The average molecular weight is 462 g/mol. The predicted octanol–water partition coefficient (Wildman–Crippen LogP) is 4.50. The van der Waals surface area contributed by atoms with Crippen LogP contribution in [0.1, 0.15) is 55.3 Å². The van der Waals surface area contributed by atoms with Gasteiger partial charge in [0.25, 0.3) is 6.29 Å². The van der Waals surface area contributed by atoms with Gasteiger partial charge in [-0.1, -0.05) is 0 Å². The van der Waals surface area contributed by atoms with Crippen molar-refractivity contribution in [2.75, 3.05) is 13.2 Å². The third kappa shape index (κ3) is 9.48. The zero-order chi connectivity index (χ0) is 24.2. The minimum Gasteiger partial charge on any atom is -0.491 e. The van der Waals surface area contributed by atoms with Crippen molar-refractivity contribution < 1.29 is 43.3 Å². The molecule has 0 aliphatic heterocycles. The van der Waals surface area contributed by atoms with Gasteiger partial charge in [-0.3, -0.25) is 9.78 Å². The van der Waals surface area contributed by atoms with E-state index < -0.39 is 18.2 Å². The van der Waals surface area contributed by atoms with Crippen LogP contribution in [0, 0.1) is 0 Å².